The minimum Gasteiger partial charge on any atom is -0.481 e. The number of carboxylic acids is 1. The summed E-state index contributed by atoms with van der Waals surface area (Å²) in [6, 6.07) is 3.72. The monoisotopic (exact) mass is 390 g/mol. The number of unbranched alkanes of at least 4 members (excludes halogenated alkanes) is 10. The Morgan fingerprint density at radius 2 is 1.50 bits per heavy atom. The Labute approximate surface area is 170 Å². The first-order chi connectivity index (χ1) is 13.6. The van der Waals surface area contributed by atoms with Crippen molar-refractivity contribution in [2.75, 3.05) is 6.54 Å². The van der Waals surface area contributed by atoms with Crippen LogP contribution in [-0.2, 0) is 11.2 Å². The number of hydrogen-bond acceptors (Lipinski definition) is 3. The average molecular weight is 391 g/mol. The molecule has 1 aromatic rings. The molecule has 5 nitrogen and oxygen atoms in total. The number of amides is 1. The molecular formula is C23H38N2O3. The van der Waals surface area contributed by atoms with Gasteiger partial charge < -0.3 is 10.4 Å². The van der Waals surface area contributed by atoms with E-state index in [4.69, 9.17) is 5.11 Å². The Balaban J connectivity index is 2.05. The number of nitrogens with one attached hydrogen (secondary N) is 1. The van der Waals surface area contributed by atoms with Gasteiger partial charge >= 0.3 is 5.97 Å². The van der Waals surface area contributed by atoms with Gasteiger partial charge in [-0.05, 0) is 30.9 Å². The Morgan fingerprint density at radius 3 is 2.04 bits per heavy atom. The van der Waals surface area contributed by atoms with Crippen LogP contribution in [0, 0.1) is 0 Å². The molecule has 0 unspecified atom stereocenters. The molecule has 158 valence electrons. The highest BCUT2D eigenvalue weighted by Crippen LogP contribution is 2.13. The second kappa shape index (κ2) is 16.1. The lowest BCUT2D eigenvalue weighted by Crippen LogP contribution is -2.25. The summed E-state index contributed by atoms with van der Waals surface area (Å²) in [5, 5.41) is 11.3. The summed E-state index contributed by atoms with van der Waals surface area (Å²) >= 11 is 0. The van der Waals surface area contributed by atoms with Gasteiger partial charge in [0.15, 0.2) is 0 Å². The lowest BCUT2D eigenvalue weighted by molar-refractivity contribution is -0.137. The maximum absolute atomic E-state index is 11.9. The Hall–Kier alpha value is -1.91. The first kappa shape index (κ1) is 24.1. The summed E-state index contributed by atoms with van der Waals surface area (Å²) in [4.78, 5) is 26.6. The number of aliphatic carboxylic acids is 1. The molecule has 0 aliphatic carbocycles. The molecule has 1 heterocycles. The molecular weight excluding hydrogens is 352 g/mol. The third-order valence-corrected chi connectivity index (χ3v) is 4.98. The molecule has 0 aliphatic heterocycles. The number of hydrogen-bond donors (Lipinski definition) is 2. The molecule has 0 atom stereocenters. The first-order valence-electron chi connectivity index (χ1n) is 11.1. The van der Waals surface area contributed by atoms with Gasteiger partial charge in [-0.15, -0.1) is 0 Å². The maximum atomic E-state index is 11.9. The van der Waals surface area contributed by atoms with Crippen LogP contribution < -0.4 is 5.32 Å². The molecule has 0 spiro atoms. The van der Waals surface area contributed by atoms with Crippen LogP contribution in [0.15, 0.2) is 18.3 Å². The van der Waals surface area contributed by atoms with Crippen LogP contribution in [0.5, 0.6) is 0 Å². The minimum atomic E-state index is -0.848. The van der Waals surface area contributed by atoms with E-state index in [1.54, 1.807) is 12.3 Å². The lowest BCUT2D eigenvalue weighted by atomic mass is 10.0. The topological polar surface area (TPSA) is 79.3 Å². The zero-order valence-electron chi connectivity index (χ0n) is 17.5. The van der Waals surface area contributed by atoms with E-state index in [2.05, 4.69) is 17.2 Å². The molecule has 1 aromatic heterocycles. The molecule has 1 rings (SSSR count). The van der Waals surface area contributed by atoms with Crippen molar-refractivity contribution < 1.29 is 14.7 Å². The lowest BCUT2D eigenvalue weighted by Gasteiger charge is -2.05. The molecule has 0 radical (unpaired) electrons. The van der Waals surface area contributed by atoms with Gasteiger partial charge in [-0.25, -0.2) is 0 Å². The zero-order chi connectivity index (χ0) is 20.5. The molecule has 1 amide bonds. The summed E-state index contributed by atoms with van der Waals surface area (Å²) in [5.41, 5.74) is 1.55. The van der Waals surface area contributed by atoms with Crippen molar-refractivity contribution in [3.63, 3.8) is 0 Å². The normalized spacial score (nSPS) is 10.8. The van der Waals surface area contributed by atoms with E-state index in [9.17, 15) is 9.59 Å². The Morgan fingerprint density at radius 1 is 0.893 bits per heavy atom. The highest BCUT2D eigenvalue weighted by atomic mass is 16.4. The zero-order valence-corrected chi connectivity index (χ0v) is 17.5. The van der Waals surface area contributed by atoms with Gasteiger partial charge in [0, 0.05) is 19.2 Å². The maximum Gasteiger partial charge on any atom is 0.303 e. The number of rotatable bonds is 17. The number of pyridine rings is 1. The largest absolute Gasteiger partial charge is 0.481 e. The predicted octanol–water partition coefficient (Wildman–Crippen LogP) is 5.53. The standard InChI is InChI=1S/C23H38N2O3/c1-2-3-4-5-6-7-8-9-10-11-12-14-20-16-17-21(25-19-20)23(28)24-18-13-15-22(26)27/h16-17,19H,2-15,18H2,1H3,(H,24,28)(H,26,27). The van der Waals surface area contributed by atoms with Crippen LogP contribution in [-0.4, -0.2) is 28.5 Å². The van der Waals surface area contributed by atoms with E-state index in [-0.39, 0.29) is 12.3 Å². The van der Waals surface area contributed by atoms with E-state index < -0.39 is 5.97 Å². The number of carboxylic acid groups (broad SMARTS) is 1. The molecule has 0 fully saturated rings. The Kier molecular flexibility index (Phi) is 13.9. The second-order valence-corrected chi connectivity index (χ2v) is 7.59. The molecule has 0 aliphatic rings. The van der Waals surface area contributed by atoms with Crippen molar-refractivity contribution in [1.29, 1.82) is 0 Å². The fourth-order valence-electron chi connectivity index (χ4n) is 3.23. The quantitative estimate of drug-likeness (QED) is 0.343. The summed E-state index contributed by atoms with van der Waals surface area (Å²) in [6.07, 6.45) is 18.0. The fraction of sp³-hybridized carbons (Fsp3) is 0.696. The van der Waals surface area contributed by atoms with Crippen LogP contribution >= 0.6 is 0 Å². The van der Waals surface area contributed by atoms with Crippen molar-refractivity contribution in [3.8, 4) is 0 Å². The number of carbonyl (C=O) groups excluding carboxylic acids is 1. The predicted molar refractivity (Wildman–Crippen MR) is 114 cm³/mol. The molecule has 0 saturated carbocycles. The molecule has 2 N–H and O–H groups in total. The van der Waals surface area contributed by atoms with Crippen LogP contribution in [0.1, 0.15) is 106 Å². The highest BCUT2D eigenvalue weighted by Gasteiger charge is 2.07. The van der Waals surface area contributed by atoms with Gasteiger partial charge in [0.1, 0.15) is 5.69 Å². The van der Waals surface area contributed by atoms with E-state index in [0.717, 1.165) is 6.42 Å². The number of aryl methyl sites for hydroxylation is 1. The second-order valence-electron chi connectivity index (χ2n) is 7.59. The first-order valence-corrected chi connectivity index (χ1v) is 11.1. The van der Waals surface area contributed by atoms with Crippen LogP contribution in [0.4, 0.5) is 0 Å². The van der Waals surface area contributed by atoms with Gasteiger partial charge in [-0.2, -0.15) is 0 Å². The smallest absolute Gasteiger partial charge is 0.303 e. The molecule has 28 heavy (non-hydrogen) atoms. The SMILES string of the molecule is CCCCCCCCCCCCCc1ccc(C(=O)NCCCC(=O)O)nc1. The van der Waals surface area contributed by atoms with Crippen molar-refractivity contribution >= 4 is 11.9 Å². The van der Waals surface area contributed by atoms with E-state index in [1.165, 1.54) is 76.2 Å². The summed E-state index contributed by atoms with van der Waals surface area (Å²) in [7, 11) is 0. The minimum absolute atomic E-state index is 0.0611. The van der Waals surface area contributed by atoms with Crippen molar-refractivity contribution in [3.05, 3.63) is 29.6 Å². The van der Waals surface area contributed by atoms with Crippen LogP contribution in [0.25, 0.3) is 0 Å². The van der Waals surface area contributed by atoms with E-state index >= 15 is 0 Å². The van der Waals surface area contributed by atoms with Gasteiger partial charge in [-0.1, -0.05) is 77.2 Å². The van der Waals surface area contributed by atoms with Crippen molar-refractivity contribution in [1.82, 2.24) is 10.3 Å². The molecule has 0 bridgehead atoms. The molecule has 0 saturated heterocycles. The number of carbonyl (C=O) groups is 2. The van der Waals surface area contributed by atoms with E-state index in [1.807, 2.05) is 6.07 Å². The number of nitrogens with zero attached hydrogens (tertiary/aromatic N) is 1. The third kappa shape index (κ3) is 12.5. The van der Waals surface area contributed by atoms with Gasteiger partial charge in [0.05, 0.1) is 0 Å². The summed E-state index contributed by atoms with van der Waals surface area (Å²) in [5.74, 6) is -1.09. The van der Waals surface area contributed by atoms with Crippen molar-refractivity contribution in [2.45, 2.75) is 96.8 Å². The van der Waals surface area contributed by atoms with Gasteiger partial charge in [0.2, 0.25) is 0 Å². The third-order valence-electron chi connectivity index (χ3n) is 4.98. The molecule has 5 heteroatoms. The summed E-state index contributed by atoms with van der Waals surface area (Å²) < 4.78 is 0. The Bertz CT molecular complexity index is 543. The van der Waals surface area contributed by atoms with Gasteiger partial charge in [-0.3, -0.25) is 14.6 Å². The fourth-order valence-corrected chi connectivity index (χ4v) is 3.23. The number of aromatic nitrogens is 1. The molecule has 0 aromatic carbocycles. The van der Waals surface area contributed by atoms with Crippen LogP contribution in [0.2, 0.25) is 0 Å². The van der Waals surface area contributed by atoms with Gasteiger partial charge in [0.25, 0.3) is 5.91 Å². The van der Waals surface area contributed by atoms with Crippen LogP contribution in [0.3, 0.4) is 0 Å². The average Bonchev–Trinajstić information content (AvgIpc) is 2.69. The van der Waals surface area contributed by atoms with E-state index in [0.29, 0.717) is 18.7 Å². The highest BCUT2D eigenvalue weighted by molar-refractivity contribution is 5.92. The van der Waals surface area contributed by atoms with Crippen molar-refractivity contribution in [2.24, 2.45) is 0 Å². The summed E-state index contributed by atoms with van der Waals surface area (Å²) in [6.45, 7) is 2.61.